The van der Waals surface area contributed by atoms with Gasteiger partial charge in [-0.05, 0) is 111 Å². The van der Waals surface area contributed by atoms with Crippen LogP contribution in [0.15, 0.2) is 66.4 Å². The molecular formula is C83H109ClF4N18O12S. The van der Waals surface area contributed by atoms with E-state index in [0.29, 0.717) is 146 Å². The van der Waals surface area contributed by atoms with Gasteiger partial charge in [-0.2, -0.15) is 0 Å². The zero-order valence-electron chi connectivity index (χ0n) is 70.4. The van der Waals surface area contributed by atoms with Crippen LogP contribution in [0.2, 0.25) is 5.02 Å². The van der Waals surface area contributed by atoms with Crippen LogP contribution in [0.25, 0.3) is 45.0 Å². The van der Waals surface area contributed by atoms with Gasteiger partial charge in [-0.1, -0.05) is 94.7 Å². The minimum atomic E-state index is -0.992. The summed E-state index contributed by atoms with van der Waals surface area (Å²) < 4.78 is 84.7. The van der Waals surface area contributed by atoms with Gasteiger partial charge in [-0.3, -0.25) is 43.3 Å². The molecule has 0 bridgehead atoms. The first kappa shape index (κ1) is 92.6. The van der Waals surface area contributed by atoms with Crippen molar-refractivity contribution in [1.29, 1.82) is 0 Å². The number of likely N-dealkylation sites (N-methyl/N-ethyl adjacent to an activating group) is 3. The van der Waals surface area contributed by atoms with Gasteiger partial charge in [0.05, 0.1) is 54.2 Å². The molecule has 0 aliphatic carbocycles. The highest BCUT2D eigenvalue weighted by Gasteiger charge is 2.40. The molecule has 8 N–H and O–H groups in total. The molecule has 4 aliphatic rings. The van der Waals surface area contributed by atoms with Crippen molar-refractivity contribution in [3.05, 3.63) is 140 Å². The summed E-state index contributed by atoms with van der Waals surface area (Å²) in [6.45, 7) is 34.0. The topological polar surface area (TPSA) is 367 Å². The highest BCUT2D eigenvalue weighted by atomic mass is 35.5. The quantitative estimate of drug-likeness (QED) is 0.0370. The molecule has 12 rings (SSSR count). The van der Waals surface area contributed by atoms with Crippen LogP contribution in [-0.4, -0.2) is 173 Å². The van der Waals surface area contributed by atoms with Gasteiger partial charge in [-0.15, -0.1) is 11.3 Å². The van der Waals surface area contributed by atoms with Crippen molar-refractivity contribution in [2.24, 2.45) is 21.7 Å². The van der Waals surface area contributed by atoms with Crippen LogP contribution in [0.4, 0.5) is 17.6 Å². The summed E-state index contributed by atoms with van der Waals surface area (Å²) in [6, 6.07) is 5.76. The maximum absolute atomic E-state index is 13.9. The summed E-state index contributed by atoms with van der Waals surface area (Å²) in [5.41, 5.74) is 2.64. The van der Waals surface area contributed by atoms with Crippen molar-refractivity contribution in [2.45, 2.75) is 212 Å². The third kappa shape index (κ3) is 23.0. The Labute approximate surface area is 698 Å². The average Bonchev–Trinajstić information content (AvgIpc) is 1.65. The summed E-state index contributed by atoms with van der Waals surface area (Å²) in [7, 11) is 3.11. The monoisotopic (exact) mass is 1690 g/mol. The number of carbonyl (C=O) groups excluding carboxylic acids is 8. The van der Waals surface area contributed by atoms with Crippen molar-refractivity contribution in [3.63, 3.8) is 0 Å². The number of halogens is 5. The molecule has 644 valence electrons. The van der Waals surface area contributed by atoms with E-state index in [9.17, 15) is 55.9 Å². The van der Waals surface area contributed by atoms with Gasteiger partial charge >= 0.3 is 0 Å². The number of aromatic nitrogens is 10. The van der Waals surface area contributed by atoms with Crippen LogP contribution in [0, 0.1) is 44.9 Å². The van der Waals surface area contributed by atoms with Crippen molar-refractivity contribution in [1.82, 2.24) is 90.7 Å². The molecule has 4 atom stereocenters. The van der Waals surface area contributed by atoms with Crippen molar-refractivity contribution >= 4 is 70.2 Å². The average molecular weight is 1690 g/mol. The maximum atomic E-state index is 13.9. The second-order valence-electron chi connectivity index (χ2n) is 33.5. The Morgan fingerprint density at radius 1 is 0.462 bits per heavy atom. The van der Waals surface area contributed by atoms with E-state index in [4.69, 9.17) is 30.5 Å². The number of rotatable bonds is 18. The molecule has 6 aromatic heterocycles. The Kier molecular flexibility index (Phi) is 31.2. The van der Waals surface area contributed by atoms with E-state index in [1.807, 2.05) is 111 Å². The first-order valence-electron chi connectivity index (χ1n) is 39.5. The SMILES string of the molecule is CC(C)NC(=O)[C@@H](NC(=O)c1nc(-c2ccc(F)c(F)c2)n2c1COCCC2)C(C)(C)C.CCNC(=O)[C@@H](NC(=O)c1nc(-c2ccc(F)c(F)c2)n2c1COCCC2)C(C)(C)C.CNC(=O)[C@@H](NC(=O)c1nc(-c2ccncc2Cl)n2c1COCCC2)C(C)(C)C.CNC(=O)[C@@H](NC(=O)c1nc(-c2nccs2)n2c1COCCC2)C(C)(C)C. The zero-order chi connectivity index (χ0) is 87.2. The molecule has 8 aromatic rings. The van der Waals surface area contributed by atoms with Gasteiger partial charge in [0.1, 0.15) is 41.6 Å². The Bertz CT molecular complexity index is 4960. The number of hydrogen-bond donors (Lipinski definition) is 8. The van der Waals surface area contributed by atoms with Crippen molar-refractivity contribution < 1.29 is 74.9 Å². The molecule has 2 aromatic carbocycles. The number of hydrogen-bond acceptors (Lipinski definition) is 19. The van der Waals surface area contributed by atoms with Gasteiger partial charge in [0.2, 0.25) is 23.6 Å². The fourth-order valence-corrected chi connectivity index (χ4v) is 14.4. The van der Waals surface area contributed by atoms with Gasteiger partial charge in [0, 0.05) is 120 Å². The lowest BCUT2D eigenvalue weighted by Gasteiger charge is -2.31. The van der Waals surface area contributed by atoms with Crippen LogP contribution in [0.5, 0.6) is 0 Å². The zero-order valence-corrected chi connectivity index (χ0v) is 72.0. The summed E-state index contributed by atoms with van der Waals surface area (Å²) in [6.07, 6.45) is 7.90. The van der Waals surface area contributed by atoms with Crippen molar-refractivity contribution in [2.75, 3.05) is 47.1 Å². The van der Waals surface area contributed by atoms with E-state index in [1.165, 1.54) is 23.5 Å². The second-order valence-corrected chi connectivity index (χ2v) is 34.8. The molecule has 30 nitrogen and oxygen atoms in total. The Balaban J connectivity index is 0.000000181. The fourth-order valence-electron chi connectivity index (χ4n) is 13.6. The number of imidazole rings is 4. The van der Waals surface area contributed by atoms with Gasteiger partial charge in [0.25, 0.3) is 23.6 Å². The molecule has 10 heterocycles. The van der Waals surface area contributed by atoms with Crippen LogP contribution in [0.1, 0.15) is 194 Å². The summed E-state index contributed by atoms with van der Waals surface area (Å²) in [5.74, 6) is -4.83. The first-order valence-corrected chi connectivity index (χ1v) is 40.8. The maximum Gasteiger partial charge on any atom is 0.272 e. The Morgan fingerprint density at radius 3 is 1.13 bits per heavy atom. The van der Waals surface area contributed by atoms with Gasteiger partial charge in [-0.25, -0.2) is 42.5 Å². The molecule has 0 unspecified atom stereocenters. The lowest BCUT2D eigenvalue weighted by molar-refractivity contribution is -0.126. The number of nitrogens with one attached hydrogen (secondary N) is 8. The smallest absolute Gasteiger partial charge is 0.272 e. The molecule has 0 radical (unpaired) electrons. The number of thiazole rings is 1. The van der Waals surface area contributed by atoms with E-state index < -0.39 is 86.8 Å². The Morgan fingerprint density at radius 2 is 0.807 bits per heavy atom. The standard InChI is InChI=1S/C23H30F2N4O3.C22H28F2N4O3.C20H26ClN5O3.C18H25N5O3S/c1-13(2)26-22(31)19(23(3,4)5)28-21(30)18-17-12-32-10-6-9-29(17)20(27-18)14-7-8-15(24)16(25)11-14;1-5-25-21(30)18(22(2,3)4)27-20(29)17-16-12-31-10-6-9-28(16)19(26-17)13-7-8-14(23)15(24)11-13;1-20(2,3)16(19(28)22-4)25-18(27)15-14-11-29-9-5-8-26(14)17(24-15)12-6-7-23-10-13(12)21;1-18(2,3)13(16(25)19-4)22-15(24)12-11-10-26-8-5-7-23(11)14(21-12)17-20-6-9-27-17/h7-8,11,13,19H,6,9-10,12H2,1-5H3,(H,26,31)(H,28,30);7-8,11,18H,5-6,9-10,12H2,1-4H3,(H,25,30)(H,27,29);6-7,10,16H,5,8-9,11H2,1-4H3,(H,22,28)(H,25,27);6,9,13H,5,7-8,10H2,1-4H3,(H,19,25)(H,22,24)/t19-;18-;16-;13-/m1111/s1. The molecule has 8 amide bonds. The minimum absolute atomic E-state index is 0.0819. The molecule has 0 saturated carbocycles. The van der Waals surface area contributed by atoms with E-state index in [2.05, 4.69) is 72.4 Å². The number of fused-ring (bicyclic) bond motifs is 4. The largest absolute Gasteiger partial charge is 0.375 e. The molecule has 119 heavy (non-hydrogen) atoms. The number of carbonyl (C=O) groups is 8. The third-order valence-corrected chi connectivity index (χ3v) is 20.7. The third-order valence-electron chi connectivity index (χ3n) is 19.7. The number of pyridine rings is 1. The lowest BCUT2D eigenvalue weighted by atomic mass is 9.86. The summed E-state index contributed by atoms with van der Waals surface area (Å²) in [5, 5.41) is 25.2. The predicted molar refractivity (Wildman–Crippen MR) is 439 cm³/mol. The van der Waals surface area contributed by atoms with Crippen molar-refractivity contribution in [3.8, 4) is 45.0 Å². The highest BCUT2D eigenvalue weighted by Crippen LogP contribution is 2.35. The van der Waals surface area contributed by atoms with E-state index in [-0.39, 0.29) is 72.5 Å². The molecule has 0 spiro atoms. The molecular weight excluding hydrogens is 1580 g/mol. The van der Waals surface area contributed by atoms with E-state index in [0.717, 1.165) is 47.8 Å². The summed E-state index contributed by atoms with van der Waals surface area (Å²) >= 11 is 7.81. The first-order chi connectivity index (χ1) is 56.2. The van der Waals surface area contributed by atoms with Crippen LogP contribution < -0.4 is 42.5 Å². The number of ether oxygens (including phenoxy) is 4. The normalized spacial score (nSPS) is 15.2. The predicted octanol–water partition coefficient (Wildman–Crippen LogP) is 10.7. The number of benzene rings is 2. The summed E-state index contributed by atoms with van der Waals surface area (Å²) in [4.78, 5) is 129. The molecule has 4 aliphatic heterocycles. The molecule has 36 heteroatoms. The van der Waals surface area contributed by atoms with E-state index in [1.54, 1.807) is 54.8 Å². The Hall–Kier alpha value is -10.3. The lowest BCUT2D eigenvalue weighted by Crippen LogP contribution is -2.54. The van der Waals surface area contributed by atoms with Crippen LogP contribution >= 0.6 is 22.9 Å². The number of nitrogens with zero attached hydrogens (tertiary/aromatic N) is 10. The number of amides is 8. The van der Waals surface area contributed by atoms with Crippen LogP contribution in [0.3, 0.4) is 0 Å². The van der Waals surface area contributed by atoms with Gasteiger partial charge in [0.15, 0.2) is 56.9 Å². The second kappa shape index (κ2) is 40.2. The fraction of sp³-hybridized carbons (Fsp3) is 0.518. The van der Waals surface area contributed by atoms with Crippen LogP contribution in [-0.2, 0) is 90.7 Å². The van der Waals surface area contributed by atoms with Gasteiger partial charge < -0.3 is 79.8 Å². The molecule has 0 saturated heterocycles. The highest BCUT2D eigenvalue weighted by molar-refractivity contribution is 7.13. The molecule has 0 fully saturated rings. The van der Waals surface area contributed by atoms with E-state index >= 15 is 0 Å². The minimum Gasteiger partial charge on any atom is -0.375 e.